The number of ether oxygens (including phenoxy) is 1. The summed E-state index contributed by atoms with van der Waals surface area (Å²) in [6.07, 6.45) is 5.71. The van der Waals surface area contributed by atoms with Gasteiger partial charge >= 0.3 is 0 Å². The fourth-order valence-electron chi connectivity index (χ4n) is 3.24. The molecule has 1 aromatic rings. The van der Waals surface area contributed by atoms with Crippen molar-refractivity contribution in [1.29, 1.82) is 0 Å². The summed E-state index contributed by atoms with van der Waals surface area (Å²) in [5.74, 6) is 0.574. The lowest BCUT2D eigenvalue weighted by Gasteiger charge is -2.42. The summed E-state index contributed by atoms with van der Waals surface area (Å²) in [6, 6.07) is 7.92. The normalized spacial score (nSPS) is 15.9. The number of nitrogens with zero attached hydrogens (tertiary/aromatic N) is 1. The lowest BCUT2D eigenvalue weighted by Crippen LogP contribution is -2.48. The summed E-state index contributed by atoms with van der Waals surface area (Å²) < 4.78 is 5.23. The number of carbonyl (C=O) groups excluding carboxylic acids is 1. The van der Waals surface area contributed by atoms with Crippen molar-refractivity contribution in [1.82, 2.24) is 10.6 Å². The third-order valence-corrected chi connectivity index (χ3v) is 5.14. The Kier molecular flexibility index (Phi) is 7.91. The van der Waals surface area contributed by atoms with E-state index in [0.717, 1.165) is 31.7 Å². The van der Waals surface area contributed by atoms with E-state index in [2.05, 4.69) is 33.9 Å². The second-order valence-corrected chi connectivity index (χ2v) is 6.98. The van der Waals surface area contributed by atoms with Gasteiger partial charge in [0, 0.05) is 33.0 Å². The molecule has 6 nitrogen and oxygen atoms in total. The molecular formula is C20H32N4O2. The molecule has 6 heteroatoms. The summed E-state index contributed by atoms with van der Waals surface area (Å²) in [5.41, 5.74) is 2.33. The van der Waals surface area contributed by atoms with Crippen molar-refractivity contribution in [3.63, 3.8) is 0 Å². The van der Waals surface area contributed by atoms with Crippen molar-refractivity contribution in [3.8, 4) is 0 Å². The zero-order valence-corrected chi connectivity index (χ0v) is 16.2. The highest BCUT2D eigenvalue weighted by Gasteiger charge is 2.36. The molecule has 1 saturated carbocycles. The number of anilines is 1. The van der Waals surface area contributed by atoms with E-state index >= 15 is 0 Å². The number of guanidine groups is 1. The van der Waals surface area contributed by atoms with E-state index in [1.165, 1.54) is 24.8 Å². The van der Waals surface area contributed by atoms with Crippen molar-refractivity contribution < 1.29 is 9.53 Å². The zero-order chi connectivity index (χ0) is 18.8. The van der Waals surface area contributed by atoms with E-state index in [0.29, 0.717) is 11.4 Å². The number of methoxy groups -OCH3 is 1. The second kappa shape index (κ2) is 10.2. The zero-order valence-electron chi connectivity index (χ0n) is 16.2. The smallest absolute Gasteiger partial charge is 0.243 e. The first kappa shape index (κ1) is 20.2. The van der Waals surface area contributed by atoms with E-state index < -0.39 is 0 Å². The lowest BCUT2D eigenvalue weighted by molar-refractivity contribution is -0.115. The molecule has 1 aliphatic carbocycles. The van der Waals surface area contributed by atoms with Crippen molar-refractivity contribution in [2.24, 2.45) is 10.4 Å². The van der Waals surface area contributed by atoms with Crippen LogP contribution in [0.1, 0.15) is 38.2 Å². The molecule has 0 spiro atoms. The molecule has 0 bridgehead atoms. The second-order valence-electron chi connectivity index (χ2n) is 6.98. The highest BCUT2D eigenvalue weighted by molar-refractivity contribution is 5.95. The number of hydrogen-bond acceptors (Lipinski definition) is 3. The minimum Gasteiger partial charge on any atom is -0.385 e. The third-order valence-electron chi connectivity index (χ3n) is 5.14. The molecule has 0 aromatic heterocycles. The van der Waals surface area contributed by atoms with Crippen LogP contribution in [0.3, 0.4) is 0 Å². The molecule has 0 atom stereocenters. The number of rotatable bonds is 9. The van der Waals surface area contributed by atoms with Crippen LogP contribution in [0.2, 0.25) is 0 Å². The van der Waals surface area contributed by atoms with E-state index in [9.17, 15) is 4.79 Å². The molecule has 0 heterocycles. The predicted octanol–water partition coefficient (Wildman–Crippen LogP) is 2.56. The molecule has 3 N–H and O–H groups in total. The Hall–Kier alpha value is -2.08. The van der Waals surface area contributed by atoms with Crippen LogP contribution in [0.4, 0.5) is 5.69 Å². The fourth-order valence-corrected chi connectivity index (χ4v) is 3.24. The molecule has 0 aliphatic heterocycles. The molecule has 0 unspecified atom stereocenters. The van der Waals surface area contributed by atoms with Crippen LogP contribution in [0, 0.1) is 5.41 Å². The average Bonchev–Trinajstić information content (AvgIpc) is 2.63. The van der Waals surface area contributed by atoms with Crippen LogP contribution in [-0.4, -0.2) is 45.7 Å². The van der Waals surface area contributed by atoms with Gasteiger partial charge in [-0.3, -0.25) is 9.79 Å². The Balaban J connectivity index is 1.76. The van der Waals surface area contributed by atoms with Crippen LogP contribution in [0.15, 0.2) is 29.3 Å². The van der Waals surface area contributed by atoms with Gasteiger partial charge in [0.2, 0.25) is 5.91 Å². The van der Waals surface area contributed by atoms with Gasteiger partial charge in [-0.1, -0.05) is 25.5 Å². The Labute approximate surface area is 156 Å². The molecule has 0 radical (unpaired) electrons. The lowest BCUT2D eigenvalue weighted by atomic mass is 9.67. The first-order valence-corrected chi connectivity index (χ1v) is 9.43. The highest BCUT2D eigenvalue weighted by Crippen LogP contribution is 2.43. The Bertz CT molecular complexity index is 612. The minimum absolute atomic E-state index is 0.0843. The van der Waals surface area contributed by atoms with Gasteiger partial charge in [0.1, 0.15) is 0 Å². The van der Waals surface area contributed by atoms with Gasteiger partial charge in [-0.25, -0.2) is 0 Å². The maximum Gasteiger partial charge on any atom is 0.243 e. The number of aryl methyl sites for hydroxylation is 1. The van der Waals surface area contributed by atoms with Crippen molar-refractivity contribution >= 4 is 17.6 Å². The quantitative estimate of drug-likeness (QED) is 0.467. The summed E-state index contributed by atoms with van der Waals surface area (Å²) in [6.45, 7) is 3.92. The Morgan fingerprint density at radius 3 is 2.73 bits per heavy atom. The standard InChI is InChI=1S/C20H32N4O2/c1-4-16-7-5-8-17(13-16)24-18(25)14-22-19(21-2)23-15-20(9-6-10-20)11-12-26-3/h5,7-8,13H,4,6,9-12,14-15H2,1-3H3,(H,24,25)(H2,21,22,23). The molecule has 1 aromatic carbocycles. The maximum atomic E-state index is 12.2. The topological polar surface area (TPSA) is 74.8 Å². The Morgan fingerprint density at radius 2 is 2.12 bits per heavy atom. The van der Waals surface area contributed by atoms with Crippen LogP contribution in [-0.2, 0) is 16.0 Å². The van der Waals surface area contributed by atoms with Crippen molar-refractivity contribution in [2.75, 3.05) is 39.2 Å². The number of benzene rings is 1. The van der Waals surface area contributed by atoms with Gasteiger partial charge in [0.25, 0.3) is 0 Å². The van der Waals surface area contributed by atoms with Gasteiger partial charge in [-0.15, -0.1) is 0 Å². The molecule has 0 saturated heterocycles. The summed E-state index contributed by atoms with van der Waals surface area (Å²) in [7, 11) is 3.47. The number of nitrogens with one attached hydrogen (secondary N) is 3. The van der Waals surface area contributed by atoms with Gasteiger partial charge < -0.3 is 20.7 Å². The van der Waals surface area contributed by atoms with E-state index in [4.69, 9.17) is 4.74 Å². The molecular weight excluding hydrogens is 328 g/mol. The fraction of sp³-hybridized carbons (Fsp3) is 0.600. The van der Waals surface area contributed by atoms with Gasteiger partial charge in [-0.2, -0.15) is 0 Å². The highest BCUT2D eigenvalue weighted by atomic mass is 16.5. The molecule has 1 aliphatic rings. The first-order chi connectivity index (χ1) is 12.6. The average molecular weight is 361 g/mol. The Morgan fingerprint density at radius 1 is 1.31 bits per heavy atom. The number of hydrogen-bond donors (Lipinski definition) is 3. The molecule has 1 fully saturated rings. The van der Waals surface area contributed by atoms with Crippen LogP contribution < -0.4 is 16.0 Å². The van der Waals surface area contributed by atoms with E-state index in [1.54, 1.807) is 14.2 Å². The SMILES string of the molecule is CCc1cccc(NC(=O)CNC(=NC)NCC2(CCOC)CCC2)c1. The van der Waals surface area contributed by atoms with E-state index in [1.807, 2.05) is 18.2 Å². The molecule has 2 rings (SSSR count). The minimum atomic E-state index is -0.0843. The molecule has 1 amide bonds. The monoisotopic (exact) mass is 360 g/mol. The first-order valence-electron chi connectivity index (χ1n) is 9.43. The van der Waals surface area contributed by atoms with Gasteiger partial charge in [-0.05, 0) is 48.8 Å². The molecule has 144 valence electrons. The van der Waals surface area contributed by atoms with Gasteiger partial charge in [0.15, 0.2) is 5.96 Å². The number of carbonyl (C=O) groups is 1. The number of aliphatic imine (C=N–C) groups is 1. The van der Waals surface area contributed by atoms with Crippen LogP contribution >= 0.6 is 0 Å². The van der Waals surface area contributed by atoms with Crippen LogP contribution in [0.25, 0.3) is 0 Å². The van der Waals surface area contributed by atoms with Crippen LogP contribution in [0.5, 0.6) is 0 Å². The van der Waals surface area contributed by atoms with Gasteiger partial charge in [0.05, 0.1) is 6.54 Å². The van der Waals surface area contributed by atoms with Crippen molar-refractivity contribution in [3.05, 3.63) is 29.8 Å². The predicted molar refractivity (Wildman–Crippen MR) is 107 cm³/mol. The summed E-state index contributed by atoms with van der Waals surface area (Å²) in [5, 5.41) is 9.37. The maximum absolute atomic E-state index is 12.2. The molecule has 26 heavy (non-hydrogen) atoms. The third kappa shape index (κ3) is 6.02. The number of amides is 1. The van der Waals surface area contributed by atoms with E-state index in [-0.39, 0.29) is 12.5 Å². The largest absolute Gasteiger partial charge is 0.385 e. The van der Waals surface area contributed by atoms with Crippen molar-refractivity contribution in [2.45, 2.75) is 39.0 Å². The summed E-state index contributed by atoms with van der Waals surface area (Å²) in [4.78, 5) is 16.4. The summed E-state index contributed by atoms with van der Waals surface area (Å²) >= 11 is 0.